The minimum atomic E-state index is -4.49. The van der Waals surface area contributed by atoms with Crippen LogP contribution in [0.3, 0.4) is 0 Å². The van der Waals surface area contributed by atoms with E-state index in [-0.39, 0.29) is 55.1 Å². The molecule has 2 heterocycles. The summed E-state index contributed by atoms with van der Waals surface area (Å²) in [5.41, 5.74) is -0.234. The molecule has 0 aliphatic carbocycles. The summed E-state index contributed by atoms with van der Waals surface area (Å²) in [4.78, 5) is 30.1. The first kappa shape index (κ1) is 21.5. The molecular weight excluding hydrogens is 425 g/mol. The van der Waals surface area contributed by atoms with Gasteiger partial charge in [0.05, 0.1) is 12.1 Å². The van der Waals surface area contributed by atoms with Crippen LogP contribution in [0.1, 0.15) is 45.5 Å². The lowest BCUT2D eigenvalue weighted by Crippen LogP contribution is -2.26. The van der Waals surface area contributed by atoms with Gasteiger partial charge in [0.1, 0.15) is 0 Å². The van der Waals surface area contributed by atoms with Crippen LogP contribution in [0, 0.1) is 0 Å². The Kier molecular flexibility index (Phi) is 5.93. The number of carbonyl (C=O) groups excluding carboxylic acids is 2. The van der Waals surface area contributed by atoms with Gasteiger partial charge in [-0.15, -0.1) is 0 Å². The van der Waals surface area contributed by atoms with Gasteiger partial charge in [-0.2, -0.15) is 18.2 Å². The monoisotopic (exact) mass is 444 g/mol. The van der Waals surface area contributed by atoms with E-state index in [1.165, 1.54) is 23.1 Å². The number of halogens is 3. The number of benzene rings is 2. The second kappa shape index (κ2) is 8.81. The summed E-state index contributed by atoms with van der Waals surface area (Å²) in [5, 5.41) is 6.56. The van der Waals surface area contributed by atoms with E-state index in [9.17, 15) is 22.8 Å². The van der Waals surface area contributed by atoms with Gasteiger partial charge in [-0.25, -0.2) is 0 Å². The Labute approximate surface area is 181 Å². The van der Waals surface area contributed by atoms with Gasteiger partial charge >= 0.3 is 6.18 Å². The van der Waals surface area contributed by atoms with Crippen molar-refractivity contribution in [2.45, 2.75) is 31.6 Å². The van der Waals surface area contributed by atoms with Crippen LogP contribution in [0.25, 0.3) is 0 Å². The van der Waals surface area contributed by atoms with E-state index >= 15 is 0 Å². The maximum Gasteiger partial charge on any atom is 0.416 e. The number of amides is 2. The lowest BCUT2D eigenvalue weighted by molar-refractivity contribution is -0.139. The Balaban J connectivity index is 1.38. The van der Waals surface area contributed by atoms with Crippen LogP contribution in [0.5, 0.6) is 0 Å². The standard InChI is InChI=1S/C22H19F3N4O3/c23-22(24,25)17-9-5-4-8-15(17)12-29-13-16(10-19(29)30)20-27-18(32-28-20)11-26-21(31)14-6-2-1-3-7-14/h1-9,16H,10-13H2,(H,26,31). The fraction of sp³-hybridized carbons (Fsp3) is 0.273. The zero-order chi connectivity index (χ0) is 22.7. The lowest BCUT2D eigenvalue weighted by Gasteiger charge is -2.19. The van der Waals surface area contributed by atoms with Crippen LogP contribution in [-0.4, -0.2) is 33.4 Å². The summed E-state index contributed by atoms with van der Waals surface area (Å²) in [7, 11) is 0. The minimum absolute atomic E-state index is 0.0179. The van der Waals surface area contributed by atoms with Crippen molar-refractivity contribution in [2.24, 2.45) is 0 Å². The smallest absolute Gasteiger partial charge is 0.343 e. The number of hydrogen-bond donors (Lipinski definition) is 1. The van der Waals surface area contributed by atoms with E-state index < -0.39 is 17.7 Å². The molecular formula is C22H19F3N4O3. The van der Waals surface area contributed by atoms with Crippen LogP contribution in [0.15, 0.2) is 59.1 Å². The van der Waals surface area contributed by atoms with Crippen LogP contribution < -0.4 is 5.32 Å². The maximum atomic E-state index is 13.2. The van der Waals surface area contributed by atoms with Gasteiger partial charge in [0, 0.05) is 31.0 Å². The number of rotatable bonds is 6. The van der Waals surface area contributed by atoms with Gasteiger partial charge in [-0.05, 0) is 23.8 Å². The molecule has 0 radical (unpaired) electrons. The normalized spacial score (nSPS) is 16.4. The van der Waals surface area contributed by atoms with E-state index in [2.05, 4.69) is 15.5 Å². The van der Waals surface area contributed by atoms with Crippen molar-refractivity contribution in [3.8, 4) is 0 Å². The van der Waals surface area contributed by atoms with Crippen LogP contribution in [-0.2, 0) is 24.1 Å². The molecule has 1 aliphatic rings. The van der Waals surface area contributed by atoms with Crippen LogP contribution >= 0.6 is 0 Å². The van der Waals surface area contributed by atoms with Crippen molar-refractivity contribution in [1.29, 1.82) is 0 Å². The van der Waals surface area contributed by atoms with Crippen molar-refractivity contribution in [3.05, 3.63) is 83.0 Å². The van der Waals surface area contributed by atoms with E-state index in [1.807, 2.05) is 0 Å². The molecule has 166 valence electrons. The Morgan fingerprint density at radius 2 is 1.84 bits per heavy atom. The van der Waals surface area contributed by atoms with Crippen molar-refractivity contribution < 1.29 is 27.3 Å². The van der Waals surface area contributed by atoms with E-state index in [1.54, 1.807) is 30.3 Å². The van der Waals surface area contributed by atoms with Crippen molar-refractivity contribution in [2.75, 3.05) is 6.54 Å². The highest BCUT2D eigenvalue weighted by atomic mass is 19.4. The third kappa shape index (κ3) is 4.79. The third-order valence-corrected chi connectivity index (χ3v) is 5.18. The fourth-order valence-corrected chi connectivity index (χ4v) is 3.59. The Hall–Kier alpha value is -3.69. The number of nitrogens with zero attached hydrogens (tertiary/aromatic N) is 3. The maximum absolute atomic E-state index is 13.2. The first-order valence-electron chi connectivity index (χ1n) is 9.90. The highest BCUT2D eigenvalue weighted by Gasteiger charge is 2.37. The Morgan fingerprint density at radius 3 is 2.59 bits per heavy atom. The number of carbonyl (C=O) groups is 2. The molecule has 1 unspecified atom stereocenters. The largest absolute Gasteiger partial charge is 0.416 e. The SMILES string of the molecule is O=C(NCc1nc(C2CC(=O)N(Cc3ccccc3C(F)(F)F)C2)no1)c1ccccc1. The summed E-state index contributed by atoms with van der Waals surface area (Å²) >= 11 is 0. The number of aromatic nitrogens is 2. The van der Waals surface area contributed by atoms with Crippen molar-refractivity contribution >= 4 is 11.8 Å². The number of hydrogen-bond acceptors (Lipinski definition) is 5. The quantitative estimate of drug-likeness (QED) is 0.629. The molecule has 2 amide bonds. The molecule has 0 bridgehead atoms. The average Bonchev–Trinajstić information content (AvgIpc) is 3.39. The molecule has 1 N–H and O–H groups in total. The number of nitrogens with one attached hydrogen (secondary N) is 1. The van der Waals surface area contributed by atoms with Crippen LogP contribution in [0.4, 0.5) is 13.2 Å². The summed E-state index contributed by atoms with van der Waals surface area (Å²) in [6, 6.07) is 13.8. The average molecular weight is 444 g/mol. The number of alkyl halides is 3. The molecule has 10 heteroatoms. The summed E-state index contributed by atoms with van der Waals surface area (Å²) in [6.45, 7) is 0.0489. The van der Waals surface area contributed by atoms with Crippen molar-refractivity contribution in [3.63, 3.8) is 0 Å². The summed E-state index contributed by atoms with van der Waals surface area (Å²) < 4.78 is 44.9. The molecule has 0 spiro atoms. The summed E-state index contributed by atoms with van der Waals surface area (Å²) in [5.74, 6) is -0.513. The van der Waals surface area contributed by atoms with E-state index in [0.717, 1.165) is 6.07 Å². The number of likely N-dealkylation sites (tertiary alicyclic amines) is 1. The molecule has 0 saturated carbocycles. The molecule has 3 aromatic rings. The zero-order valence-corrected chi connectivity index (χ0v) is 16.8. The highest BCUT2D eigenvalue weighted by molar-refractivity contribution is 5.93. The van der Waals surface area contributed by atoms with Crippen molar-refractivity contribution in [1.82, 2.24) is 20.4 Å². The second-order valence-corrected chi connectivity index (χ2v) is 7.43. The predicted molar refractivity (Wildman–Crippen MR) is 106 cm³/mol. The molecule has 32 heavy (non-hydrogen) atoms. The predicted octanol–water partition coefficient (Wildman–Crippen LogP) is 3.53. The van der Waals surface area contributed by atoms with Gasteiger partial charge in [-0.3, -0.25) is 9.59 Å². The molecule has 4 rings (SSSR count). The fourth-order valence-electron chi connectivity index (χ4n) is 3.59. The van der Waals surface area contributed by atoms with Gasteiger partial charge in [0.25, 0.3) is 5.91 Å². The highest BCUT2D eigenvalue weighted by Crippen LogP contribution is 2.34. The summed E-state index contributed by atoms with van der Waals surface area (Å²) in [6.07, 6.45) is -4.42. The first-order chi connectivity index (χ1) is 15.3. The van der Waals surface area contributed by atoms with Gasteiger partial charge in [0.2, 0.25) is 11.8 Å². The Bertz CT molecular complexity index is 1110. The van der Waals surface area contributed by atoms with E-state index in [0.29, 0.717) is 5.56 Å². The second-order valence-electron chi connectivity index (χ2n) is 7.43. The molecule has 1 saturated heterocycles. The molecule has 1 aliphatic heterocycles. The third-order valence-electron chi connectivity index (χ3n) is 5.18. The van der Waals surface area contributed by atoms with E-state index in [4.69, 9.17) is 4.52 Å². The van der Waals surface area contributed by atoms with Gasteiger partial charge in [0.15, 0.2) is 5.82 Å². The van der Waals surface area contributed by atoms with Gasteiger partial charge < -0.3 is 14.7 Å². The topological polar surface area (TPSA) is 88.3 Å². The molecule has 1 atom stereocenters. The first-order valence-corrected chi connectivity index (χ1v) is 9.90. The van der Waals surface area contributed by atoms with Crippen LogP contribution in [0.2, 0.25) is 0 Å². The van der Waals surface area contributed by atoms with Gasteiger partial charge in [-0.1, -0.05) is 41.6 Å². The molecule has 2 aromatic carbocycles. The molecule has 1 aromatic heterocycles. The zero-order valence-electron chi connectivity index (χ0n) is 16.8. The molecule has 1 fully saturated rings. The molecule has 7 nitrogen and oxygen atoms in total. The minimum Gasteiger partial charge on any atom is -0.343 e. The lowest BCUT2D eigenvalue weighted by atomic mass is 10.1. The Morgan fingerprint density at radius 1 is 1.12 bits per heavy atom.